The lowest BCUT2D eigenvalue weighted by molar-refractivity contribution is 0.233. The Hall–Kier alpha value is -0.120. The first-order chi connectivity index (χ1) is 2.30. The lowest BCUT2D eigenvalue weighted by Gasteiger charge is -1.65. The number of rotatable bonds is 0. The maximum atomic E-state index is 5.07. The summed E-state index contributed by atoms with van der Waals surface area (Å²) >= 11 is 0. The Balaban J connectivity index is 2.20. The predicted molar refractivity (Wildman–Crippen MR) is 16.8 cm³/mol. The third-order valence-corrected chi connectivity index (χ3v) is 0.587. The number of hydrogen-bond acceptors (Lipinski definition) is 3. The second kappa shape index (κ2) is 0.680. The summed E-state index contributed by atoms with van der Waals surface area (Å²) in [6.07, 6.45) is -0.116. The third-order valence-electron chi connectivity index (χ3n) is 0.587. The first-order valence-electron chi connectivity index (χ1n) is 1.46. The van der Waals surface area contributed by atoms with Crippen LogP contribution in [0.4, 0.5) is 0 Å². The molecule has 2 atom stereocenters. The fourth-order valence-electron chi connectivity index (χ4n) is 0.143. The van der Waals surface area contributed by atoms with E-state index in [9.17, 15) is 0 Å². The highest BCUT2D eigenvalue weighted by Crippen LogP contribution is 2.06. The van der Waals surface area contributed by atoms with E-state index in [1.165, 1.54) is 0 Å². The van der Waals surface area contributed by atoms with Crippen LogP contribution < -0.4 is 5.73 Å². The molecule has 0 spiro atoms. The maximum Gasteiger partial charge on any atom is 0.204 e. The van der Waals surface area contributed by atoms with E-state index < -0.39 is 0 Å². The Labute approximate surface area is 30.3 Å². The summed E-state index contributed by atoms with van der Waals surface area (Å²) in [6, 6.07) is 0. The minimum atomic E-state index is -0.116. The first kappa shape index (κ1) is 3.08. The highest BCUT2D eigenvalue weighted by atomic mass is 16.8. The molecule has 0 bridgehead atoms. The minimum absolute atomic E-state index is 0.116. The van der Waals surface area contributed by atoms with Gasteiger partial charge in [0.25, 0.3) is 0 Å². The Morgan fingerprint density at radius 1 is 2.00 bits per heavy atom. The third kappa shape index (κ3) is 0.397. The molecule has 0 aromatic carbocycles. The molecule has 3 nitrogen and oxygen atoms in total. The molecule has 1 rings (SSSR count). The number of nitrogens with two attached hydrogens (primary N) is 1. The molecule has 2 unspecified atom stereocenters. The average molecular weight is 74.1 g/mol. The van der Waals surface area contributed by atoms with Gasteiger partial charge in [0.05, 0.1) is 0 Å². The highest BCUT2D eigenvalue weighted by Gasteiger charge is 2.25. The largest absolute Gasteiger partial charge is 0.290 e. The number of hydrogen-bond donors (Lipinski definition) is 1. The second-order valence-corrected chi connectivity index (χ2v) is 1.04. The van der Waals surface area contributed by atoms with E-state index >= 15 is 0 Å². The standard InChI is InChI=1S/C2H6N2O/c1-4-2(3)5-4/h2H,3H2,1H3. The predicted octanol–water partition coefficient (Wildman–Crippen LogP) is -0.894. The van der Waals surface area contributed by atoms with Gasteiger partial charge in [-0.1, -0.05) is 0 Å². The molecule has 30 valence electrons. The van der Waals surface area contributed by atoms with E-state index in [1.54, 1.807) is 12.1 Å². The number of hydroxylamine groups is 2. The van der Waals surface area contributed by atoms with Gasteiger partial charge < -0.3 is 0 Å². The molecular weight excluding hydrogens is 68.0 g/mol. The van der Waals surface area contributed by atoms with Crippen molar-refractivity contribution in [3.63, 3.8) is 0 Å². The van der Waals surface area contributed by atoms with Crippen LogP contribution in [0, 0.1) is 0 Å². The Morgan fingerprint density at radius 3 is 2.20 bits per heavy atom. The summed E-state index contributed by atoms with van der Waals surface area (Å²) in [7, 11) is 1.78. The topological polar surface area (TPSA) is 41.6 Å². The molecule has 1 aliphatic heterocycles. The molecule has 5 heavy (non-hydrogen) atoms. The molecule has 0 amide bonds. The van der Waals surface area contributed by atoms with Crippen molar-refractivity contribution in [1.29, 1.82) is 0 Å². The van der Waals surface area contributed by atoms with Gasteiger partial charge in [0.1, 0.15) is 0 Å². The lowest BCUT2D eigenvalue weighted by atomic mass is 11.1. The summed E-state index contributed by atoms with van der Waals surface area (Å²) in [5.74, 6) is 0. The molecular formula is C2H6N2O. The summed E-state index contributed by atoms with van der Waals surface area (Å²) in [5.41, 5.74) is 5.07. The van der Waals surface area contributed by atoms with Crippen molar-refractivity contribution < 1.29 is 4.84 Å². The molecule has 1 heterocycles. The highest BCUT2D eigenvalue weighted by molar-refractivity contribution is 4.46. The van der Waals surface area contributed by atoms with Crippen LogP contribution in [0.5, 0.6) is 0 Å². The summed E-state index contributed by atoms with van der Waals surface area (Å²) in [6.45, 7) is 0. The molecule has 0 aromatic rings. The van der Waals surface area contributed by atoms with Crippen molar-refractivity contribution in [1.82, 2.24) is 5.06 Å². The minimum Gasteiger partial charge on any atom is -0.290 e. The van der Waals surface area contributed by atoms with Gasteiger partial charge in [-0.3, -0.25) is 10.6 Å². The maximum absolute atomic E-state index is 5.07. The van der Waals surface area contributed by atoms with E-state index in [0.717, 1.165) is 0 Å². The Bertz CT molecular complexity index is 40.9. The van der Waals surface area contributed by atoms with Crippen LogP contribution in [-0.2, 0) is 4.84 Å². The zero-order valence-corrected chi connectivity index (χ0v) is 3.01. The van der Waals surface area contributed by atoms with Crippen LogP contribution in [0.25, 0.3) is 0 Å². The van der Waals surface area contributed by atoms with Gasteiger partial charge >= 0.3 is 0 Å². The average Bonchev–Trinajstić information content (AvgIpc) is 1.79. The second-order valence-electron chi connectivity index (χ2n) is 1.04. The quantitative estimate of drug-likeness (QED) is 0.379. The van der Waals surface area contributed by atoms with Crippen molar-refractivity contribution in [2.45, 2.75) is 6.35 Å². The van der Waals surface area contributed by atoms with Crippen LogP contribution in [0.3, 0.4) is 0 Å². The molecule has 0 saturated carbocycles. The monoisotopic (exact) mass is 74.0 g/mol. The number of nitrogens with zero attached hydrogens (tertiary/aromatic N) is 1. The fourth-order valence-corrected chi connectivity index (χ4v) is 0.143. The van der Waals surface area contributed by atoms with Crippen molar-refractivity contribution >= 4 is 0 Å². The zero-order valence-electron chi connectivity index (χ0n) is 3.01. The molecule has 2 N–H and O–H groups in total. The van der Waals surface area contributed by atoms with Gasteiger partial charge in [-0.05, 0) is 0 Å². The summed E-state index contributed by atoms with van der Waals surface area (Å²) in [5, 5.41) is 1.57. The van der Waals surface area contributed by atoms with E-state index in [4.69, 9.17) is 5.73 Å². The van der Waals surface area contributed by atoms with Gasteiger partial charge in [-0.25, -0.2) is 0 Å². The molecule has 1 saturated heterocycles. The molecule has 3 heteroatoms. The van der Waals surface area contributed by atoms with Gasteiger partial charge in [0.2, 0.25) is 6.35 Å². The first-order valence-corrected chi connectivity index (χ1v) is 1.46. The van der Waals surface area contributed by atoms with Crippen molar-refractivity contribution in [3.8, 4) is 0 Å². The zero-order chi connectivity index (χ0) is 3.86. The Morgan fingerprint density at radius 2 is 2.20 bits per heavy atom. The van der Waals surface area contributed by atoms with Crippen LogP contribution in [-0.4, -0.2) is 18.5 Å². The van der Waals surface area contributed by atoms with E-state index in [1.807, 2.05) is 0 Å². The molecule has 0 aliphatic carbocycles. The molecule has 1 aliphatic rings. The molecule has 0 radical (unpaired) electrons. The van der Waals surface area contributed by atoms with Crippen molar-refractivity contribution in [2.75, 3.05) is 7.05 Å². The van der Waals surface area contributed by atoms with Crippen LogP contribution in [0.15, 0.2) is 0 Å². The van der Waals surface area contributed by atoms with Crippen molar-refractivity contribution in [2.24, 2.45) is 5.73 Å². The lowest BCUT2D eigenvalue weighted by Crippen LogP contribution is -2.04. The van der Waals surface area contributed by atoms with Gasteiger partial charge in [-0.15, -0.1) is 5.06 Å². The van der Waals surface area contributed by atoms with Gasteiger partial charge in [0.15, 0.2) is 0 Å². The van der Waals surface area contributed by atoms with Crippen LogP contribution >= 0.6 is 0 Å². The normalized spacial score (nSPS) is 49.2. The molecule has 0 aromatic heterocycles. The Kier molecular flexibility index (Phi) is 0.419. The SMILES string of the molecule is CN1OC1N. The molecule has 1 fully saturated rings. The summed E-state index contributed by atoms with van der Waals surface area (Å²) in [4.78, 5) is 4.53. The smallest absolute Gasteiger partial charge is 0.204 e. The van der Waals surface area contributed by atoms with Crippen molar-refractivity contribution in [3.05, 3.63) is 0 Å². The van der Waals surface area contributed by atoms with E-state index in [2.05, 4.69) is 4.84 Å². The summed E-state index contributed by atoms with van der Waals surface area (Å²) < 4.78 is 0. The van der Waals surface area contributed by atoms with Gasteiger partial charge in [0, 0.05) is 7.05 Å². The van der Waals surface area contributed by atoms with Gasteiger partial charge in [-0.2, -0.15) is 0 Å². The van der Waals surface area contributed by atoms with Crippen LogP contribution in [0.2, 0.25) is 0 Å². The van der Waals surface area contributed by atoms with Crippen LogP contribution in [0.1, 0.15) is 0 Å². The fraction of sp³-hybridized carbons (Fsp3) is 1.00. The van der Waals surface area contributed by atoms with E-state index in [-0.39, 0.29) is 6.35 Å². The van der Waals surface area contributed by atoms with E-state index in [0.29, 0.717) is 0 Å².